The van der Waals surface area contributed by atoms with Crippen LogP contribution in [0, 0.1) is 0 Å². The molecule has 0 aliphatic rings. The summed E-state index contributed by atoms with van der Waals surface area (Å²) in [5.41, 5.74) is 0. The first-order valence-electron chi connectivity index (χ1n) is 7.45. The molecule has 2 atom stereocenters. The van der Waals surface area contributed by atoms with Crippen molar-refractivity contribution in [2.45, 2.75) is 17.4 Å². The summed E-state index contributed by atoms with van der Waals surface area (Å²) in [6.07, 6.45) is 0.206. The first-order valence-corrected chi connectivity index (χ1v) is 8.77. The largest absolute Gasteiger partial charge is 0.467 e. The lowest BCUT2D eigenvalue weighted by Gasteiger charge is -2.16. The minimum Gasteiger partial charge on any atom is -0.467 e. The van der Waals surface area contributed by atoms with Crippen molar-refractivity contribution >= 4 is 22.7 Å². The molecule has 1 N–H and O–H groups in total. The number of hydrogen-bond donors (Lipinski definition) is 1. The number of amides is 1. The van der Waals surface area contributed by atoms with Gasteiger partial charge in [0.25, 0.3) is 0 Å². The van der Waals surface area contributed by atoms with Gasteiger partial charge in [-0.3, -0.25) is 9.00 Å². The second kappa shape index (κ2) is 11.7. The summed E-state index contributed by atoms with van der Waals surface area (Å²) in [6, 6.07) is 8.08. The van der Waals surface area contributed by atoms with Crippen LogP contribution in [0.2, 0.25) is 0 Å². The summed E-state index contributed by atoms with van der Waals surface area (Å²) in [7, 11) is 1.52. The molecule has 0 heterocycles. The Bertz CT molecular complexity index is 537. The third-order valence-corrected chi connectivity index (χ3v) is 4.49. The minimum atomic E-state index is -1.25. The van der Waals surface area contributed by atoms with Gasteiger partial charge in [-0.15, -0.1) is 0 Å². The molecule has 24 heavy (non-hydrogen) atoms. The molecule has 0 radical (unpaired) electrons. The fourth-order valence-corrected chi connectivity index (χ4v) is 3.00. The molecule has 0 saturated heterocycles. The van der Waals surface area contributed by atoms with Gasteiger partial charge in [-0.1, -0.05) is 18.2 Å². The molecule has 0 spiro atoms. The van der Waals surface area contributed by atoms with Gasteiger partial charge in [0.15, 0.2) is 0 Å². The fraction of sp³-hybridized carbons (Fsp3) is 0.500. The maximum atomic E-state index is 12.2. The molecule has 134 valence electrons. The monoisotopic (exact) mass is 357 g/mol. The average molecular weight is 357 g/mol. The molecule has 0 aliphatic heterocycles. The van der Waals surface area contributed by atoms with Gasteiger partial charge >= 0.3 is 5.97 Å². The number of ether oxygens (including phenoxy) is 3. The highest BCUT2D eigenvalue weighted by Crippen LogP contribution is 2.08. The Morgan fingerprint density at radius 3 is 2.50 bits per heavy atom. The lowest BCUT2D eigenvalue weighted by molar-refractivity contribution is -0.145. The Labute approximate surface area is 144 Å². The fourth-order valence-electron chi connectivity index (χ4n) is 1.85. The highest BCUT2D eigenvalue weighted by molar-refractivity contribution is 7.85. The van der Waals surface area contributed by atoms with E-state index in [9.17, 15) is 13.8 Å². The van der Waals surface area contributed by atoms with Crippen LogP contribution in [0.3, 0.4) is 0 Å². The summed E-state index contributed by atoms with van der Waals surface area (Å²) < 4.78 is 26.8. The molecule has 1 aromatic carbocycles. The number of methoxy groups -OCH3 is 2. The summed E-state index contributed by atoms with van der Waals surface area (Å²) in [5, 5.41) is 2.54. The van der Waals surface area contributed by atoms with Crippen molar-refractivity contribution in [2.75, 3.05) is 39.8 Å². The predicted octanol–water partition coefficient (Wildman–Crippen LogP) is 0.505. The zero-order valence-electron chi connectivity index (χ0n) is 13.9. The van der Waals surface area contributed by atoms with Crippen molar-refractivity contribution in [3.63, 3.8) is 0 Å². The van der Waals surface area contributed by atoms with E-state index in [1.54, 1.807) is 24.3 Å². The smallest absolute Gasteiger partial charge is 0.328 e. The Balaban J connectivity index is 2.49. The molecule has 0 aliphatic carbocycles. The third-order valence-electron chi connectivity index (χ3n) is 3.08. The van der Waals surface area contributed by atoms with Crippen LogP contribution >= 0.6 is 0 Å². The molecular weight excluding hydrogens is 334 g/mol. The van der Waals surface area contributed by atoms with Crippen molar-refractivity contribution in [3.05, 3.63) is 30.3 Å². The molecule has 8 heteroatoms. The standard InChI is InChI=1S/C16H23NO6S/c1-21-9-10-23-12-15(18)17-14(16(19)22-2)8-11-24(20)13-6-4-3-5-7-13/h3-7,14H,8-12H2,1-2H3,(H,17,18)/t14-,24+/m0/s1. The molecule has 1 rings (SSSR count). The Morgan fingerprint density at radius 2 is 1.88 bits per heavy atom. The van der Waals surface area contributed by atoms with E-state index in [-0.39, 0.29) is 25.4 Å². The van der Waals surface area contributed by atoms with Crippen LogP contribution in [0.1, 0.15) is 6.42 Å². The van der Waals surface area contributed by atoms with Crippen LogP contribution in [-0.2, 0) is 34.6 Å². The van der Waals surface area contributed by atoms with Crippen LogP contribution in [0.5, 0.6) is 0 Å². The second-order valence-corrected chi connectivity index (χ2v) is 6.41. The molecule has 1 amide bonds. The topological polar surface area (TPSA) is 90.9 Å². The maximum absolute atomic E-state index is 12.2. The molecule has 0 unspecified atom stereocenters. The summed E-state index contributed by atoms with van der Waals surface area (Å²) in [4.78, 5) is 24.2. The first kappa shape index (κ1) is 20.3. The van der Waals surface area contributed by atoms with E-state index >= 15 is 0 Å². The van der Waals surface area contributed by atoms with Crippen LogP contribution < -0.4 is 5.32 Å². The quantitative estimate of drug-likeness (QED) is 0.458. The van der Waals surface area contributed by atoms with Crippen molar-refractivity contribution in [3.8, 4) is 0 Å². The Kier molecular flexibility index (Phi) is 9.90. The molecule has 0 fully saturated rings. The van der Waals surface area contributed by atoms with Gasteiger partial charge in [0.05, 0.1) is 31.1 Å². The van der Waals surface area contributed by atoms with E-state index in [1.807, 2.05) is 6.07 Å². The van der Waals surface area contributed by atoms with Gasteiger partial charge in [-0.2, -0.15) is 0 Å². The molecular formula is C16H23NO6S. The van der Waals surface area contributed by atoms with E-state index in [2.05, 4.69) is 10.1 Å². The van der Waals surface area contributed by atoms with Crippen molar-refractivity contribution in [1.82, 2.24) is 5.32 Å². The maximum Gasteiger partial charge on any atom is 0.328 e. The summed E-state index contributed by atoms with van der Waals surface area (Å²) in [6.45, 7) is 0.479. The second-order valence-electron chi connectivity index (χ2n) is 4.84. The lowest BCUT2D eigenvalue weighted by Crippen LogP contribution is -2.44. The molecule has 1 aromatic rings. The summed E-state index contributed by atoms with van der Waals surface area (Å²) >= 11 is 0. The van der Waals surface area contributed by atoms with Gasteiger partial charge in [-0.25, -0.2) is 4.79 Å². The van der Waals surface area contributed by atoms with E-state index in [0.717, 1.165) is 0 Å². The van der Waals surface area contributed by atoms with Gasteiger partial charge < -0.3 is 19.5 Å². The van der Waals surface area contributed by atoms with E-state index in [4.69, 9.17) is 9.47 Å². The average Bonchev–Trinajstić information content (AvgIpc) is 2.62. The zero-order valence-corrected chi connectivity index (χ0v) is 14.7. The number of hydrogen-bond acceptors (Lipinski definition) is 6. The lowest BCUT2D eigenvalue weighted by atomic mass is 10.2. The van der Waals surface area contributed by atoms with E-state index < -0.39 is 28.7 Å². The van der Waals surface area contributed by atoms with Crippen LogP contribution in [-0.4, -0.2) is 61.9 Å². The summed E-state index contributed by atoms with van der Waals surface area (Å²) in [5.74, 6) is -0.786. The van der Waals surface area contributed by atoms with Crippen LogP contribution in [0.15, 0.2) is 35.2 Å². The predicted molar refractivity (Wildman–Crippen MR) is 89.0 cm³/mol. The molecule has 0 bridgehead atoms. The normalized spacial score (nSPS) is 13.1. The van der Waals surface area contributed by atoms with E-state index in [1.165, 1.54) is 14.2 Å². The molecule has 0 saturated carbocycles. The third kappa shape index (κ3) is 7.67. The molecule has 7 nitrogen and oxygen atoms in total. The van der Waals surface area contributed by atoms with Crippen LogP contribution in [0.25, 0.3) is 0 Å². The molecule has 0 aromatic heterocycles. The van der Waals surface area contributed by atoms with Gasteiger partial charge in [0.1, 0.15) is 12.6 Å². The van der Waals surface area contributed by atoms with Crippen molar-refractivity contribution < 1.29 is 28.0 Å². The Morgan fingerprint density at radius 1 is 1.17 bits per heavy atom. The number of esters is 1. The highest BCUT2D eigenvalue weighted by atomic mass is 32.2. The Hall–Kier alpha value is -1.77. The number of carbonyl (C=O) groups is 2. The van der Waals surface area contributed by atoms with E-state index in [0.29, 0.717) is 11.5 Å². The van der Waals surface area contributed by atoms with Gasteiger partial charge in [0.2, 0.25) is 5.91 Å². The number of benzene rings is 1. The highest BCUT2D eigenvalue weighted by Gasteiger charge is 2.22. The van der Waals surface area contributed by atoms with Crippen LogP contribution in [0.4, 0.5) is 0 Å². The van der Waals surface area contributed by atoms with Crippen molar-refractivity contribution in [1.29, 1.82) is 0 Å². The number of carbonyl (C=O) groups excluding carboxylic acids is 2. The first-order chi connectivity index (χ1) is 11.6. The van der Waals surface area contributed by atoms with Gasteiger partial charge in [0, 0.05) is 17.8 Å². The van der Waals surface area contributed by atoms with Gasteiger partial charge in [-0.05, 0) is 18.6 Å². The van der Waals surface area contributed by atoms with Crippen molar-refractivity contribution in [2.24, 2.45) is 0 Å². The minimum absolute atomic E-state index is 0.182. The SMILES string of the molecule is COCCOCC(=O)N[C@@H](CC[S@@](=O)c1ccccc1)C(=O)OC. The number of rotatable bonds is 11. The zero-order chi connectivity index (χ0) is 17.8. The number of nitrogens with one attached hydrogen (secondary N) is 1.